The van der Waals surface area contributed by atoms with Crippen molar-refractivity contribution < 1.29 is 32.2 Å². The molecule has 0 aliphatic rings. The average Bonchev–Trinajstić information content (AvgIpc) is 2.84. The van der Waals surface area contributed by atoms with Crippen molar-refractivity contribution in [3.05, 3.63) is 66.7 Å². The van der Waals surface area contributed by atoms with E-state index in [-0.39, 0.29) is 11.5 Å². The molecule has 1 amide bonds. The number of benzene rings is 3. The maximum Gasteiger partial charge on any atom is 0.262 e. The van der Waals surface area contributed by atoms with E-state index >= 15 is 0 Å². The van der Waals surface area contributed by atoms with Gasteiger partial charge in [-0.2, -0.15) is 0 Å². The van der Waals surface area contributed by atoms with Crippen LogP contribution in [-0.2, 0) is 14.8 Å². The van der Waals surface area contributed by atoms with Crippen molar-refractivity contribution in [1.29, 1.82) is 0 Å². The van der Waals surface area contributed by atoms with Crippen LogP contribution in [0.5, 0.6) is 23.0 Å². The number of nitrogens with one attached hydrogen (secondary N) is 2. The summed E-state index contributed by atoms with van der Waals surface area (Å²) in [6.07, 6.45) is 0. The number of hydrogen-bond acceptors (Lipinski definition) is 7. The molecule has 0 atom stereocenters. The lowest BCUT2D eigenvalue weighted by Gasteiger charge is -2.12. The molecular formula is C24H26N2O7S. The summed E-state index contributed by atoms with van der Waals surface area (Å²) in [5.41, 5.74) is 0.852. The smallest absolute Gasteiger partial charge is 0.262 e. The molecule has 0 radical (unpaired) electrons. The molecule has 0 aromatic heterocycles. The molecule has 3 aromatic carbocycles. The van der Waals surface area contributed by atoms with E-state index < -0.39 is 15.9 Å². The van der Waals surface area contributed by atoms with Gasteiger partial charge in [0, 0.05) is 11.8 Å². The van der Waals surface area contributed by atoms with Crippen molar-refractivity contribution in [2.24, 2.45) is 0 Å². The van der Waals surface area contributed by atoms with Gasteiger partial charge in [0.25, 0.3) is 15.9 Å². The van der Waals surface area contributed by atoms with Crippen LogP contribution in [0.1, 0.15) is 6.92 Å². The Bertz CT molecular complexity index is 1210. The van der Waals surface area contributed by atoms with Crippen LogP contribution in [0.4, 0.5) is 11.4 Å². The van der Waals surface area contributed by atoms with E-state index in [0.29, 0.717) is 41.0 Å². The number of carbonyl (C=O) groups excluding carboxylic acids is 1. The lowest BCUT2D eigenvalue weighted by Crippen LogP contribution is -2.20. The molecule has 0 bridgehead atoms. The predicted octanol–water partition coefficient (Wildman–Crippen LogP) is 3.92. The van der Waals surface area contributed by atoms with Gasteiger partial charge in [0.05, 0.1) is 31.4 Å². The molecule has 0 saturated heterocycles. The second kappa shape index (κ2) is 11.3. The van der Waals surface area contributed by atoms with Crippen molar-refractivity contribution in [3.63, 3.8) is 0 Å². The van der Waals surface area contributed by atoms with Crippen molar-refractivity contribution in [3.8, 4) is 23.0 Å². The highest BCUT2D eigenvalue weighted by Crippen LogP contribution is 2.29. The number of carbonyl (C=O) groups is 1. The quantitative estimate of drug-likeness (QED) is 0.422. The van der Waals surface area contributed by atoms with E-state index in [1.54, 1.807) is 42.5 Å². The fraction of sp³-hybridized carbons (Fsp3) is 0.208. The first kappa shape index (κ1) is 24.7. The van der Waals surface area contributed by atoms with Crippen LogP contribution in [0.15, 0.2) is 71.6 Å². The van der Waals surface area contributed by atoms with E-state index in [9.17, 15) is 13.2 Å². The number of hydrogen-bond donors (Lipinski definition) is 2. The Morgan fingerprint density at radius 1 is 0.824 bits per heavy atom. The summed E-state index contributed by atoms with van der Waals surface area (Å²) in [6.45, 7) is 2.11. The second-order valence-electron chi connectivity index (χ2n) is 6.94. The predicted molar refractivity (Wildman–Crippen MR) is 129 cm³/mol. The fourth-order valence-corrected chi connectivity index (χ4v) is 4.02. The minimum absolute atomic E-state index is 0.0549. The number of rotatable bonds is 11. The first-order chi connectivity index (χ1) is 16.3. The lowest BCUT2D eigenvalue weighted by atomic mass is 10.2. The molecule has 10 heteroatoms. The zero-order valence-electron chi connectivity index (χ0n) is 19.0. The van der Waals surface area contributed by atoms with Gasteiger partial charge in [-0.15, -0.1) is 0 Å². The fourth-order valence-electron chi connectivity index (χ4n) is 2.96. The van der Waals surface area contributed by atoms with Crippen molar-refractivity contribution in [2.75, 3.05) is 37.5 Å². The van der Waals surface area contributed by atoms with E-state index in [1.807, 2.05) is 6.92 Å². The van der Waals surface area contributed by atoms with Crippen LogP contribution in [0, 0.1) is 0 Å². The Labute approximate surface area is 198 Å². The number of ether oxygens (including phenoxy) is 4. The first-order valence-corrected chi connectivity index (χ1v) is 11.8. The summed E-state index contributed by atoms with van der Waals surface area (Å²) in [5, 5.41) is 2.70. The third-order valence-electron chi connectivity index (χ3n) is 4.60. The van der Waals surface area contributed by atoms with Crippen LogP contribution in [-0.4, -0.2) is 41.8 Å². The molecule has 0 aliphatic carbocycles. The van der Waals surface area contributed by atoms with Crippen LogP contribution in [0.2, 0.25) is 0 Å². The number of methoxy groups -OCH3 is 2. The highest BCUT2D eigenvalue weighted by atomic mass is 32.2. The van der Waals surface area contributed by atoms with Gasteiger partial charge in [-0.1, -0.05) is 0 Å². The van der Waals surface area contributed by atoms with Crippen molar-refractivity contribution >= 4 is 27.3 Å². The molecule has 34 heavy (non-hydrogen) atoms. The zero-order valence-corrected chi connectivity index (χ0v) is 19.8. The minimum atomic E-state index is -3.79. The van der Waals surface area contributed by atoms with Gasteiger partial charge in [0.1, 0.15) is 23.0 Å². The molecule has 3 aromatic rings. The molecule has 3 rings (SSSR count). The molecular weight excluding hydrogens is 460 g/mol. The van der Waals surface area contributed by atoms with E-state index in [0.717, 1.165) is 0 Å². The summed E-state index contributed by atoms with van der Waals surface area (Å²) < 4.78 is 49.0. The molecule has 0 fully saturated rings. The highest BCUT2D eigenvalue weighted by molar-refractivity contribution is 7.92. The average molecular weight is 487 g/mol. The molecule has 180 valence electrons. The number of amides is 1. The van der Waals surface area contributed by atoms with Gasteiger partial charge in [-0.05, 0) is 67.6 Å². The number of sulfonamides is 1. The first-order valence-electron chi connectivity index (χ1n) is 10.3. The molecule has 0 unspecified atom stereocenters. The second-order valence-corrected chi connectivity index (χ2v) is 8.62. The zero-order chi connectivity index (χ0) is 24.6. The van der Waals surface area contributed by atoms with Gasteiger partial charge in [0.15, 0.2) is 6.61 Å². The Morgan fingerprint density at radius 2 is 1.44 bits per heavy atom. The molecule has 0 heterocycles. The summed E-state index contributed by atoms with van der Waals surface area (Å²) in [6, 6.07) is 17.4. The SMILES string of the molecule is CCOc1ccc(NS(=O)(=O)c2ccc(OCC(=O)Nc3cc(OC)ccc3OC)cc2)cc1. The van der Waals surface area contributed by atoms with Crippen LogP contribution >= 0.6 is 0 Å². The lowest BCUT2D eigenvalue weighted by molar-refractivity contribution is -0.118. The molecule has 0 saturated carbocycles. The van der Waals surface area contributed by atoms with Gasteiger partial charge in [-0.3, -0.25) is 9.52 Å². The van der Waals surface area contributed by atoms with E-state index in [4.69, 9.17) is 18.9 Å². The number of anilines is 2. The Balaban J connectivity index is 1.58. The summed E-state index contributed by atoms with van der Waals surface area (Å²) in [5.74, 6) is 1.62. The third-order valence-corrected chi connectivity index (χ3v) is 6.00. The van der Waals surface area contributed by atoms with Crippen LogP contribution in [0.25, 0.3) is 0 Å². The van der Waals surface area contributed by atoms with Gasteiger partial charge >= 0.3 is 0 Å². The summed E-state index contributed by atoms with van der Waals surface area (Å²) in [7, 11) is -0.777. The highest BCUT2D eigenvalue weighted by Gasteiger charge is 2.15. The molecule has 0 aliphatic heterocycles. The normalized spacial score (nSPS) is 10.8. The van der Waals surface area contributed by atoms with E-state index in [2.05, 4.69) is 10.0 Å². The van der Waals surface area contributed by atoms with Crippen molar-refractivity contribution in [2.45, 2.75) is 11.8 Å². The van der Waals surface area contributed by atoms with Crippen LogP contribution < -0.4 is 29.0 Å². The van der Waals surface area contributed by atoms with E-state index in [1.165, 1.54) is 38.5 Å². The summed E-state index contributed by atoms with van der Waals surface area (Å²) >= 11 is 0. The van der Waals surface area contributed by atoms with Crippen molar-refractivity contribution in [1.82, 2.24) is 0 Å². The van der Waals surface area contributed by atoms with Gasteiger partial charge < -0.3 is 24.3 Å². The van der Waals surface area contributed by atoms with Crippen LogP contribution in [0.3, 0.4) is 0 Å². The molecule has 2 N–H and O–H groups in total. The third kappa shape index (κ3) is 6.55. The minimum Gasteiger partial charge on any atom is -0.497 e. The Hall–Kier alpha value is -3.92. The Morgan fingerprint density at radius 3 is 2.06 bits per heavy atom. The summed E-state index contributed by atoms with van der Waals surface area (Å²) in [4.78, 5) is 12.4. The molecule has 0 spiro atoms. The Kier molecular flexibility index (Phi) is 8.20. The standard InChI is InChI=1S/C24H26N2O7S/c1-4-32-18-7-5-17(6-8-18)26-34(28,29)21-12-9-19(10-13-21)33-16-24(27)25-22-15-20(30-2)11-14-23(22)31-3/h5-15,26H,4,16H2,1-3H3,(H,25,27). The topological polar surface area (TPSA) is 112 Å². The van der Waals surface area contributed by atoms with Gasteiger partial charge in [0.2, 0.25) is 0 Å². The largest absolute Gasteiger partial charge is 0.497 e. The van der Waals surface area contributed by atoms with Gasteiger partial charge in [-0.25, -0.2) is 8.42 Å². The maximum absolute atomic E-state index is 12.6. The monoisotopic (exact) mass is 486 g/mol. The maximum atomic E-state index is 12.6. The molecule has 9 nitrogen and oxygen atoms in total.